The van der Waals surface area contributed by atoms with Gasteiger partial charge in [-0.15, -0.1) is 0 Å². The molecule has 5 nitrogen and oxygen atoms in total. The fourth-order valence-corrected chi connectivity index (χ4v) is 3.17. The SMILES string of the molecule is O=C(NCCc1cn[nH]c1)N1CCCC1c1ccccc1Cl. The lowest BCUT2D eigenvalue weighted by Crippen LogP contribution is -2.40. The van der Waals surface area contributed by atoms with Gasteiger partial charge in [-0.1, -0.05) is 29.8 Å². The smallest absolute Gasteiger partial charge is 0.317 e. The Bertz CT molecular complexity index is 629. The van der Waals surface area contributed by atoms with Gasteiger partial charge in [0.25, 0.3) is 0 Å². The maximum Gasteiger partial charge on any atom is 0.317 e. The maximum atomic E-state index is 12.4. The van der Waals surface area contributed by atoms with E-state index in [1.807, 2.05) is 35.4 Å². The highest BCUT2D eigenvalue weighted by atomic mass is 35.5. The van der Waals surface area contributed by atoms with Gasteiger partial charge >= 0.3 is 6.03 Å². The Labute approximate surface area is 134 Å². The first-order valence-electron chi connectivity index (χ1n) is 7.52. The maximum absolute atomic E-state index is 12.4. The topological polar surface area (TPSA) is 61.0 Å². The van der Waals surface area contributed by atoms with Crippen LogP contribution in [0.15, 0.2) is 36.7 Å². The number of nitrogens with zero attached hydrogens (tertiary/aromatic N) is 2. The van der Waals surface area contributed by atoms with Crippen molar-refractivity contribution in [3.8, 4) is 0 Å². The van der Waals surface area contributed by atoms with Gasteiger partial charge in [-0.3, -0.25) is 5.10 Å². The summed E-state index contributed by atoms with van der Waals surface area (Å²) in [5, 5.41) is 10.4. The second-order valence-electron chi connectivity index (χ2n) is 5.46. The highest BCUT2D eigenvalue weighted by Crippen LogP contribution is 2.35. The predicted molar refractivity (Wildman–Crippen MR) is 85.8 cm³/mol. The van der Waals surface area contributed by atoms with Crippen LogP contribution < -0.4 is 5.32 Å². The minimum Gasteiger partial charge on any atom is -0.338 e. The van der Waals surface area contributed by atoms with Crippen molar-refractivity contribution in [2.24, 2.45) is 0 Å². The van der Waals surface area contributed by atoms with Gasteiger partial charge in [0.1, 0.15) is 0 Å². The zero-order chi connectivity index (χ0) is 15.4. The van der Waals surface area contributed by atoms with E-state index in [0.29, 0.717) is 6.54 Å². The molecule has 2 aromatic rings. The quantitative estimate of drug-likeness (QED) is 0.909. The Balaban J connectivity index is 1.60. The van der Waals surface area contributed by atoms with E-state index >= 15 is 0 Å². The number of aromatic amines is 1. The molecule has 6 heteroatoms. The second-order valence-corrected chi connectivity index (χ2v) is 5.87. The van der Waals surface area contributed by atoms with Crippen molar-refractivity contribution in [3.63, 3.8) is 0 Å². The number of hydrogen-bond donors (Lipinski definition) is 2. The molecule has 3 rings (SSSR count). The van der Waals surface area contributed by atoms with E-state index in [1.54, 1.807) is 6.20 Å². The number of H-pyrrole nitrogens is 1. The first-order valence-corrected chi connectivity index (χ1v) is 7.90. The van der Waals surface area contributed by atoms with Gasteiger partial charge < -0.3 is 10.2 Å². The van der Waals surface area contributed by atoms with Crippen LogP contribution in [0, 0.1) is 0 Å². The van der Waals surface area contributed by atoms with Crippen molar-refractivity contribution >= 4 is 17.6 Å². The summed E-state index contributed by atoms with van der Waals surface area (Å²) in [6.07, 6.45) is 6.35. The lowest BCUT2D eigenvalue weighted by atomic mass is 10.0. The summed E-state index contributed by atoms with van der Waals surface area (Å²) >= 11 is 6.28. The van der Waals surface area contributed by atoms with Crippen molar-refractivity contribution in [2.45, 2.75) is 25.3 Å². The molecule has 0 radical (unpaired) electrons. The highest BCUT2D eigenvalue weighted by Gasteiger charge is 2.30. The molecule has 22 heavy (non-hydrogen) atoms. The van der Waals surface area contributed by atoms with E-state index in [9.17, 15) is 4.79 Å². The average Bonchev–Trinajstić information content (AvgIpc) is 3.18. The summed E-state index contributed by atoms with van der Waals surface area (Å²) in [4.78, 5) is 14.3. The third-order valence-corrected chi connectivity index (χ3v) is 4.37. The molecule has 0 bridgehead atoms. The largest absolute Gasteiger partial charge is 0.338 e. The van der Waals surface area contributed by atoms with Gasteiger partial charge in [-0.2, -0.15) is 5.10 Å². The van der Waals surface area contributed by atoms with E-state index in [4.69, 9.17) is 11.6 Å². The highest BCUT2D eigenvalue weighted by molar-refractivity contribution is 6.31. The molecule has 0 aliphatic carbocycles. The van der Waals surface area contributed by atoms with Crippen LogP contribution in [0.3, 0.4) is 0 Å². The van der Waals surface area contributed by atoms with Gasteiger partial charge in [-0.05, 0) is 36.5 Å². The molecule has 0 spiro atoms. The predicted octanol–water partition coefficient (Wildman–Crippen LogP) is 3.15. The minimum absolute atomic E-state index is 0.0223. The van der Waals surface area contributed by atoms with Crippen molar-refractivity contribution in [2.75, 3.05) is 13.1 Å². The summed E-state index contributed by atoms with van der Waals surface area (Å²) in [5.41, 5.74) is 2.12. The molecule has 1 unspecified atom stereocenters. The molecule has 1 aliphatic rings. The molecule has 116 valence electrons. The van der Waals surface area contributed by atoms with Gasteiger partial charge in [-0.25, -0.2) is 4.79 Å². The van der Waals surface area contributed by atoms with Crippen molar-refractivity contribution in [1.82, 2.24) is 20.4 Å². The number of amides is 2. The van der Waals surface area contributed by atoms with E-state index in [2.05, 4.69) is 15.5 Å². The van der Waals surface area contributed by atoms with E-state index in [1.165, 1.54) is 0 Å². The number of likely N-dealkylation sites (tertiary alicyclic amines) is 1. The van der Waals surface area contributed by atoms with E-state index in [-0.39, 0.29) is 12.1 Å². The van der Waals surface area contributed by atoms with Gasteiger partial charge in [0, 0.05) is 24.3 Å². The normalized spacial score (nSPS) is 17.7. The van der Waals surface area contributed by atoms with Crippen LogP contribution in [-0.2, 0) is 6.42 Å². The summed E-state index contributed by atoms with van der Waals surface area (Å²) in [6, 6.07) is 7.81. The Hall–Kier alpha value is -2.01. The van der Waals surface area contributed by atoms with E-state index in [0.717, 1.165) is 42.0 Å². The molecule has 2 amide bonds. The van der Waals surface area contributed by atoms with Gasteiger partial charge in [0.05, 0.1) is 12.2 Å². The van der Waals surface area contributed by atoms with Crippen molar-refractivity contribution in [3.05, 3.63) is 52.8 Å². The standard InChI is InChI=1S/C16H19ClN4O/c17-14-5-2-1-4-13(14)15-6-3-9-21(15)16(22)18-8-7-12-10-19-20-11-12/h1-2,4-5,10-11,15H,3,6-9H2,(H,18,22)(H,19,20). The zero-order valence-corrected chi connectivity index (χ0v) is 13.0. The van der Waals surface area contributed by atoms with Crippen LogP contribution in [0.25, 0.3) is 0 Å². The fraction of sp³-hybridized carbons (Fsp3) is 0.375. The van der Waals surface area contributed by atoms with Gasteiger partial charge in [0.15, 0.2) is 0 Å². The van der Waals surface area contributed by atoms with Crippen LogP contribution in [0.2, 0.25) is 5.02 Å². The van der Waals surface area contributed by atoms with Gasteiger partial charge in [0.2, 0.25) is 0 Å². The summed E-state index contributed by atoms with van der Waals surface area (Å²) in [7, 11) is 0. The molecule has 1 saturated heterocycles. The van der Waals surface area contributed by atoms with Crippen LogP contribution in [0.1, 0.15) is 30.0 Å². The zero-order valence-electron chi connectivity index (χ0n) is 12.3. The number of urea groups is 1. The number of rotatable bonds is 4. The number of carbonyl (C=O) groups is 1. The number of nitrogens with one attached hydrogen (secondary N) is 2. The van der Waals surface area contributed by atoms with Crippen molar-refractivity contribution in [1.29, 1.82) is 0 Å². The molecule has 1 aromatic heterocycles. The monoisotopic (exact) mass is 318 g/mol. The Morgan fingerprint density at radius 1 is 1.45 bits per heavy atom. The Morgan fingerprint density at radius 2 is 2.32 bits per heavy atom. The molecule has 2 N–H and O–H groups in total. The number of halogens is 1. The molecular weight excluding hydrogens is 300 g/mol. The summed E-state index contributed by atoms with van der Waals surface area (Å²) in [5.74, 6) is 0. The fourth-order valence-electron chi connectivity index (χ4n) is 2.91. The number of benzene rings is 1. The van der Waals surface area contributed by atoms with Crippen LogP contribution in [0.5, 0.6) is 0 Å². The Kier molecular flexibility index (Phi) is 4.63. The minimum atomic E-state index is -0.0223. The van der Waals surface area contributed by atoms with Crippen LogP contribution in [0.4, 0.5) is 4.79 Å². The summed E-state index contributed by atoms with van der Waals surface area (Å²) in [6.45, 7) is 1.37. The second kappa shape index (κ2) is 6.83. The number of hydrogen-bond acceptors (Lipinski definition) is 2. The molecule has 1 atom stereocenters. The number of aromatic nitrogens is 2. The van der Waals surface area contributed by atoms with Crippen molar-refractivity contribution < 1.29 is 4.79 Å². The lowest BCUT2D eigenvalue weighted by Gasteiger charge is -2.26. The molecule has 1 fully saturated rings. The third-order valence-electron chi connectivity index (χ3n) is 4.02. The molecular formula is C16H19ClN4O. The lowest BCUT2D eigenvalue weighted by molar-refractivity contribution is 0.193. The first kappa shape index (κ1) is 14.9. The molecule has 0 saturated carbocycles. The van der Waals surface area contributed by atoms with Crippen LogP contribution in [-0.4, -0.2) is 34.2 Å². The molecule has 2 heterocycles. The van der Waals surface area contributed by atoms with E-state index < -0.39 is 0 Å². The average molecular weight is 319 g/mol. The van der Waals surface area contributed by atoms with Crippen LogP contribution >= 0.6 is 11.6 Å². The Morgan fingerprint density at radius 3 is 3.09 bits per heavy atom. The molecule has 1 aliphatic heterocycles. The summed E-state index contributed by atoms with van der Waals surface area (Å²) < 4.78 is 0. The third kappa shape index (κ3) is 3.25. The molecule has 1 aromatic carbocycles. The first-order chi connectivity index (χ1) is 10.8. The number of carbonyl (C=O) groups excluding carboxylic acids is 1.